The Labute approximate surface area is 236 Å². The van der Waals surface area contributed by atoms with Crippen molar-refractivity contribution in [3.8, 4) is 0 Å². The van der Waals surface area contributed by atoms with Gasteiger partial charge < -0.3 is 14.5 Å². The Hall–Kier alpha value is -3.92. The van der Waals surface area contributed by atoms with Crippen LogP contribution in [0, 0.1) is 5.92 Å². The van der Waals surface area contributed by atoms with E-state index in [0.29, 0.717) is 30.3 Å². The van der Waals surface area contributed by atoms with E-state index < -0.39 is 17.6 Å². The number of carbonyl (C=O) groups is 1. The third kappa shape index (κ3) is 4.27. The first-order valence-corrected chi connectivity index (χ1v) is 14.0. The molecule has 212 valence electrons. The first-order valence-electron chi connectivity index (χ1n) is 14.0. The van der Waals surface area contributed by atoms with Gasteiger partial charge in [-0.1, -0.05) is 19.1 Å². The van der Waals surface area contributed by atoms with Gasteiger partial charge in [-0.2, -0.15) is 13.2 Å². The Balaban J connectivity index is 1.21. The Kier molecular flexibility index (Phi) is 5.90. The van der Waals surface area contributed by atoms with E-state index >= 15 is 0 Å². The van der Waals surface area contributed by atoms with Gasteiger partial charge >= 0.3 is 6.18 Å². The number of fused-ring (bicyclic) bond motifs is 2. The molecule has 0 spiro atoms. The maximum Gasteiger partial charge on any atom is 0.416 e. The Morgan fingerprint density at radius 3 is 2.68 bits per heavy atom. The SMILES string of the molecule is CC1CC(c2cccc(N3Cc4c(cc(CN5CCc6[nH]ccc6C5)cc4C(F)(F)F)C3=O)c2)(c2nncn2C)C1. The number of amides is 1. The molecule has 1 saturated carbocycles. The highest BCUT2D eigenvalue weighted by Crippen LogP contribution is 2.52. The quantitative estimate of drug-likeness (QED) is 0.345. The number of benzene rings is 2. The number of rotatable bonds is 5. The largest absolute Gasteiger partial charge is 0.416 e. The maximum absolute atomic E-state index is 14.4. The van der Waals surface area contributed by atoms with Crippen molar-refractivity contribution in [3.63, 3.8) is 0 Å². The summed E-state index contributed by atoms with van der Waals surface area (Å²) in [5.41, 5.74) is 3.56. The van der Waals surface area contributed by atoms with E-state index in [2.05, 4.69) is 27.0 Å². The van der Waals surface area contributed by atoms with Gasteiger partial charge in [0, 0.05) is 56.2 Å². The van der Waals surface area contributed by atoms with Crippen molar-refractivity contribution < 1.29 is 18.0 Å². The van der Waals surface area contributed by atoms with Crippen molar-refractivity contribution in [2.45, 2.75) is 57.4 Å². The molecule has 0 saturated heterocycles. The lowest BCUT2D eigenvalue weighted by atomic mass is 9.58. The molecule has 1 amide bonds. The molecule has 1 aliphatic carbocycles. The van der Waals surface area contributed by atoms with Gasteiger partial charge in [-0.05, 0) is 71.3 Å². The van der Waals surface area contributed by atoms with E-state index in [1.807, 2.05) is 42.1 Å². The highest BCUT2D eigenvalue weighted by atomic mass is 19.4. The molecule has 0 atom stereocenters. The summed E-state index contributed by atoms with van der Waals surface area (Å²) in [5, 5.41) is 8.49. The molecule has 10 heteroatoms. The van der Waals surface area contributed by atoms with Crippen molar-refractivity contribution >= 4 is 11.6 Å². The van der Waals surface area contributed by atoms with Crippen molar-refractivity contribution in [2.24, 2.45) is 13.0 Å². The average Bonchev–Trinajstić information content (AvgIpc) is 3.65. The van der Waals surface area contributed by atoms with Gasteiger partial charge in [0.25, 0.3) is 5.91 Å². The summed E-state index contributed by atoms with van der Waals surface area (Å²) in [5.74, 6) is 0.965. The highest BCUT2D eigenvalue weighted by Gasteiger charge is 2.48. The van der Waals surface area contributed by atoms with E-state index in [-0.39, 0.29) is 23.1 Å². The van der Waals surface area contributed by atoms with Crippen LogP contribution in [0.1, 0.15) is 69.5 Å². The number of hydrogen-bond acceptors (Lipinski definition) is 4. The number of hydrogen-bond donors (Lipinski definition) is 1. The fraction of sp³-hybridized carbons (Fsp3) is 0.387. The lowest BCUT2D eigenvalue weighted by Gasteiger charge is -2.46. The van der Waals surface area contributed by atoms with Gasteiger partial charge in [-0.3, -0.25) is 9.69 Å². The molecular weight excluding hydrogens is 529 g/mol. The minimum Gasteiger partial charge on any atom is -0.365 e. The van der Waals surface area contributed by atoms with Gasteiger partial charge in [0.2, 0.25) is 0 Å². The number of carbonyl (C=O) groups excluding carboxylic acids is 1. The van der Waals surface area contributed by atoms with Gasteiger partial charge in [-0.25, -0.2) is 0 Å². The molecule has 0 radical (unpaired) electrons. The summed E-state index contributed by atoms with van der Waals surface area (Å²) in [7, 11) is 1.92. The summed E-state index contributed by atoms with van der Waals surface area (Å²) in [6.45, 7) is 3.83. The monoisotopic (exact) mass is 560 g/mol. The van der Waals surface area contributed by atoms with E-state index in [0.717, 1.165) is 42.8 Å². The summed E-state index contributed by atoms with van der Waals surface area (Å²) >= 11 is 0. The number of aromatic nitrogens is 4. The van der Waals surface area contributed by atoms with Gasteiger partial charge in [-0.15, -0.1) is 10.2 Å². The highest BCUT2D eigenvalue weighted by molar-refractivity contribution is 6.10. The first-order chi connectivity index (χ1) is 19.6. The van der Waals surface area contributed by atoms with Crippen LogP contribution in [0.4, 0.5) is 18.9 Å². The third-order valence-corrected chi connectivity index (χ3v) is 9.06. The number of halogens is 3. The number of nitrogens with one attached hydrogen (secondary N) is 1. The van der Waals surface area contributed by atoms with Crippen LogP contribution in [-0.4, -0.2) is 37.1 Å². The molecule has 0 unspecified atom stereocenters. The van der Waals surface area contributed by atoms with E-state index in [4.69, 9.17) is 0 Å². The topological polar surface area (TPSA) is 70.1 Å². The minimum atomic E-state index is -4.56. The van der Waals surface area contributed by atoms with Gasteiger partial charge in [0.05, 0.1) is 17.5 Å². The second kappa shape index (κ2) is 9.30. The average molecular weight is 561 g/mol. The zero-order valence-electron chi connectivity index (χ0n) is 23.0. The summed E-state index contributed by atoms with van der Waals surface area (Å²) in [6.07, 6.45) is 1.61. The normalized spacial score (nSPS) is 22.5. The number of alkyl halides is 3. The van der Waals surface area contributed by atoms with Crippen molar-refractivity contribution in [2.75, 3.05) is 11.4 Å². The molecule has 2 aromatic carbocycles. The molecule has 4 aromatic rings. The van der Waals surface area contributed by atoms with Crippen molar-refractivity contribution in [1.29, 1.82) is 0 Å². The predicted octanol–water partition coefficient (Wildman–Crippen LogP) is 5.60. The minimum absolute atomic E-state index is 0.0449. The number of anilines is 1. The zero-order valence-corrected chi connectivity index (χ0v) is 23.0. The number of nitrogens with zero attached hydrogens (tertiary/aromatic N) is 5. The Bertz CT molecular complexity index is 1650. The Morgan fingerprint density at radius 2 is 1.95 bits per heavy atom. The molecule has 0 bridgehead atoms. The van der Waals surface area contributed by atoms with Crippen molar-refractivity contribution in [3.05, 3.63) is 99.9 Å². The lowest BCUT2D eigenvalue weighted by molar-refractivity contribution is -0.138. The van der Waals surface area contributed by atoms with Crippen LogP contribution in [0.25, 0.3) is 0 Å². The van der Waals surface area contributed by atoms with Crippen LogP contribution < -0.4 is 4.90 Å². The first kappa shape index (κ1) is 26.0. The van der Waals surface area contributed by atoms with Crippen molar-refractivity contribution in [1.82, 2.24) is 24.6 Å². The molecule has 3 aliphatic rings. The molecule has 7 rings (SSSR count). The van der Waals surface area contributed by atoms with Crippen LogP contribution in [0.5, 0.6) is 0 Å². The fourth-order valence-electron chi connectivity index (χ4n) is 7.19. The van der Waals surface area contributed by atoms with E-state index in [1.165, 1.54) is 16.7 Å². The second-order valence-corrected chi connectivity index (χ2v) is 11.9. The third-order valence-electron chi connectivity index (χ3n) is 9.06. The smallest absolute Gasteiger partial charge is 0.365 e. The predicted molar refractivity (Wildman–Crippen MR) is 147 cm³/mol. The van der Waals surface area contributed by atoms with Crippen LogP contribution in [0.3, 0.4) is 0 Å². The van der Waals surface area contributed by atoms with Crippen LogP contribution in [0.2, 0.25) is 0 Å². The fourth-order valence-corrected chi connectivity index (χ4v) is 7.19. The maximum atomic E-state index is 14.4. The van der Waals surface area contributed by atoms with Crippen LogP contribution in [-0.2, 0) is 44.7 Å². The van der Waals surface area contributed by atoms with E-state index in [9.17, 15) is 18.0 Å². The number of H-pyrrole nitrogens is 1. The molecule has 2 aromatic heterocycles. The number of aryl methyl sites for hydroxylation is 1. The summed E-state index contributed by atoms with van der Waals surface area (Å²) < 4.78 is 45.0. The molecular formula is C31H31F3N6O. The van der Waals surface area contributed by atoms with Crippen LogP contribution >= 0.6 is 0 Å². The molecule has 4 heterocycles. The van der Waals surface area contributed by atoms with E-state index in [1.54, 1.807) is 18.5 Å². The summed E-state index contributed by atoms with van der Waals surface area (Å²) in [4.78, 5) is 20.6. The molecule has 1 N–H and O–H groups in total. The zero-order chi connectivity index (χ0) is 28.5. The molecule has 41 heavy (non-hydrogen) atoms. The molecule has 2 aliphatic heterocycles. The molecule has 1 fully saturated rings. The Morgan fingerprint density at radius 1 is 1.12 bits per heavy atom. The van der Waals surface area contributed by atoms with Crippen LogP contribution in [0.15, 0.2) is 55.0 Å². The second-order valence-electron chi connectivity index (χ2n) is 11.9. The molecule has 7 nitrogen and oxygen atoms in total. The van der Waals surface area contributed by atoms with Gasteiger partial charge in [0.15, 0.2) is 0 Å². The lowest BCUT2D eigenvalue weighted by Crippen LogP contribution is -2.43. The summed E-state index contributed by atoms with van der Waals surface area (Å²) in [6, 6.07) is 12.6. The standard InChI is InChI=1S/C31H31F3N6O/c1-19-13-30(14-19,29-37-36-18-38(29)2)22-4-3-5-23(12-22)40-17-25-24(28(40)41)10-20(11-26(25)31(32,33)34)15-39-9-7-27-21(16-39)6-8-35-27/h3-6,8,10-12,18-19,35H,7,9,13-17H2,1-2H3. The van der Waals surface area contributed by atoms with Gasteiger partial charge in [0.1, 0.15) is 12.2 Å². The number of aromatic amines is 1.